The van der Waals surface area contributed by atoms with E-state index in [0.29, 0.717) is 22.4 Å². The first kappa shape index (κ1) is 14.0. The molecular formula is C17H10N4O3. The minimum absolute atomic E-state index is 0.0560. The number of hydrogen-bond acceptors (Lipinski definition) is 5. The molecule has 7 heteroatoms. The van der Waals surface area contributed by atoms with Crippen LogP contribution in [-0.2, 0) is 0 Å². The van der Waals surface area contributed by atoms with Gasteiger partial charge in [0.1, 0.15) is 6.33 Å². The number of hydrogen-bond donors (Lipinski definition) is 2. The molecule has 0 fully saturated rings. The highest BCUT2D eigenvalue weighted by Crippen LogP contribution is 2.29. The number of benzene rings is 2. The average Bonchev–Trinajstić information content (AvgIpc) is 3.14. The molecule has 0 spiro atoms. The highest BCUT2D eigenvalue weighted by Gasteiger charge is 2.29. The number of anilines is 1. The number of nitrogens with one attached hydrogen (secondary N) is 2. The van der Waals surface area contributed by atoms with E-state index in [1.165, 1.54) is 12.4 Å². The van der Waals surface area contributed by atoms with E-state index in [1.807, 2.05) is 0 Å². The van der Waals surface area contributed by atoms with Crippen molar-refractivity contribution < 1.29 is 14.4 Å². The zero-order chi connectivity index (χ0) is 16.7. The van der Waals surface area contributed by atoms with E-state index in [0.717, 1.165) is 0 Å². The molecule has 2 N–H and O–H groups in total. The van der Waals surface area contributed by atoms with Gasteiger partial charge in [0.2, 0.25) is 5.82 Å². The van der Waals surface area contributed by atoms with Crippen LogP contribution in [0.1, 0.15) is 42.5 Å². The van der Waals surface area contributed by atoms with E-state index < -0.39 is 5.91 Å². The van der Waals surface area contributed by atoms with Gasteiger partial charge in [-0.15, -0.1) is 0 Å². The summed E-state index contributed by atoms with van der Waals surface area (Å²) in [4.78, 5) is 40.9. The van der Waals surface area contributed by atoms with Crippen molar-refractivity contribution in [2.45, 2.75) is 0 Å². The Morgan fingerprint density at radius 3 is 2.25 bits per heavy atom. The standard InChI is InChI=1S/C17H10N4O3/c22-14-10-3-1-2-4-11(10)15(23)13-7-9(5-6-12(13)14)20-17(24)16-18-8-19-21-16/h1-8H,(H,20,24)(H,18,19,21). The third-order valence-corrected chi connectivity index (χ3v) is 3.81. The van der Waals surface area contributed by atoms with Crippen molar-refractivity contribution in [2.24, 2.45) is 0 Å². The van der Waals surface area contributed by atoms with E-state index in [1.54, 1.807) is 36.4 Å². The third-order valence-electron chi connectivity index (χ3n) is 3.81. The molecule has 0 unspecified atom stereocenters. The number of aromatic amines is 1. The van der Waals surface area contributed by atoms with Gasteiger partial charge < -0.3 is 5.32 Å². The summed E-state index contributed by atoms with van der Waals surface area (Å²) in [7, 11) is 0. The second kappa shape index (κ2) is 5.24. The Labute approximate surface area is 135 Å². The molecule has 0 radical (unpaired) electrons. The Morgan fingerprint density at radius 2 is 1.58 bits per heavy atom. The van der Waals surface area contributed by atoms with Gasteiger partial charge >= 0.3 is 0 Å². The maximum Gasteiger partial charge on any atom is 0.292 e. The molecule has 1 amide bonds. The highest BCUT2D eigenvalue weighted by molar-refractivity contribution is 6.28. The molecule has 116 valence electrons. The van der Waals surface area contributed by atoms with Crippen LogP contribution in [0.25, 0.3) is 0 Å². The number of H-pyrrole nitrogens is 1. The fourth-order valence-corrected chi connectivity index (χ4v) is 2.68. The van der Waals surface area contributed by atoms with Crippen molar-refractivity contribution in [3.63, 3.8) is 0 Å². The van der Waals surface area contributed by atoms with Crippen molar-refractivity contribution in [2.75, 3.05) is 5.32 Å². The lowest BCUT2D eigenvalue weighted by Crippen LogP contribution is -2.21. The maximum absolute atomic E-state index is 12.6. The second-order valence-corrected chi connectivity index (χ2v) is 5.25. The zero-order valence-corrected chi connectivity index (χ0v) is 12.2. The van der Waals surface area contributed by atoms with Gasteiger partial charge in [0.15, 0.2) is 11.6 Å². The van der Waals surface area contributed by atoms with Crippen molar-refractivity contribution in [1.29, 1.82) is 0 Å². The number of amides is 1. The van der Waals surface area contributed by atoms with Crippen LogP contribution >= 0.6 is 0 Å². The first-order chi connectivity index (χ1) is 11.6. The van der Waals surface area contributed by atoms with Crippen LogP contribution < -0.4 is 5.32 Å². The topological polar surface area (TPSA) is 105 Å². The maximum atomic E-state index is 12.6. The smallest absolute Gasteiger partial charge is 0.292 e. The van der Waals surface area contributed by atoms with Crippen LogP contribution in [0.5, 0.6) is 0 Å². The molecule has 2 aromatic carbocycles. The summed E-state index contributed by atoms with van der Waals surface area (Å²) >= 11 is 0. The van der Waals surface area contributed by atoms with Gasteiger partial charge in [-0.2, -0.15) is 5.10 Å². The monoisotopic (exact) mass is 318 g/mol. The summed E-state index contributed by atoms with van der Waals surface area (Å²) in [6, 6.07) is 11.3. The fourth-order valence-electron chi connectivity index (χ4n) is 2.68. The average molecular weight is 318 g/mol. The van der Waals surface area contributed by atoms with E-state index in [9.17, 15) is 14.4 Å². The van der Waals surface area contributed by atoms with Gasteiger partial charge in [-0.1, -0.05) is 24.3 Å². The number of carbonyl (C=O) groups excluding carboxylic acids is 3. The summed E-state index contributed by atoms with van der Waals surface area (Å²) in [5.41, 5.74) is 1.77. The Bertz CT molecular complexity index is 993. The lowest BCUT2D eigenvalue weighted by Gasteiger charge is -2.18. The first-order valence-corrected chi connectivity index (χ1v) is 7.14. The molecule has 1 aliphatic rings. The fraction of sp³-hybridized carbons (Fsp3) is 0. The molecule has 3 aromatic rings. The molecule has 0 saturated carbocycles. The van der Waals surface area contributed by atoms with Gasteiger partial charge in [0.05, 0.1) is 0 Å². The molecule has 7 nitrogen and oxygen atoms in total. The van der Waals surface area contributed by atoms with Crippen LogP contribution in [0.3, 0.4) is 0 Å². The van der Waals surface area contributed by atoms with E-state index in [2.05, 4.69) is 20.5 Å². The minimum Gasteiger partial charge on any atom is -0.319 e. The normalized spacial score (nSPS) is 12.5. The lowest BCUT2D eigenvalue weighted by molar-refractivity contribution is 0.0979. The molecule has 0 bridgehead atoms. The van der Waals surface area contributed by atoms with Crippen LogP contribution in [0.2, 0.25) is 0 Å². The summed E-state index contributed by atoms with van der Waals surface area (Å²) in [6.45, 7) is 0. The molecule has 4 rings (SSSR count). The Balaban J connectivity index is 1.72. The van der Waals surface area contributed by atoms with E-state index in [4.69, 9.17) is 0 Å². The number of aromatic nitrogens is 3. The second-order valence-electron chi connectivity index (χ2n) is 5.25. The molecule has 1 aliphatic carbocycles. The van der Waals surface area contributed by atoms with E-state index >= 15 is 0 Å². The molecular weight excluding hydrogens is 308 g/mol. The number of fused-ring (bicyclic) bond motifs is 2. The summed E-state index contributed by atoms with van der Waals surface area (Å²) < 4.78 is 0. The Morgan fingerprint density at radius 1 is 0.917 bits per heavy atom. The van der Waals surface area contributed by atoms with Gasteiger partial charge in [-0.25, -0.2) is 4.98 Å². The number of rotatable bonds is 2. The Hall–Kier alpha value is -3.61. The van der Waals surface area contributed by atoms with Gasteiger partial charge in [0.25, 0.3) is 5.91 Å². The molecule has 24 heavy (non-hydrogen) atoms. The van der Waals surface area contributed by atoms with Crippen LogP contribution in [0, 0.1) is 0 Å². The minimum atomic E-state index is -0.484. The highest BCUT2D eigenvalue weighted by atomic mass is 16.2. The van der Waals surface area contributed by atoms with Crippen molar-refractivity contribution >= 4 is 23.2 Å². The summed E-state index contributed by atoms with van der Waals surface area (Å²) in [6.07, 6.45) is 1.22. The van der Waals surface area contributed by atoms with Crippen molar-refractivity contribution in [1.82, 2.24) is 15.2 Å². The summed E-state index contributed by atoms with van der Waals surface area (Å²) in [5.74, 6) is -0.868. The largest absolute Gasteiger partial charge is 0.319 e. The zero-order valence-electron chi connectivity index (χ0n) is 12.2. The van der Waals surface area contributed by atoms with Gasteiger partial charge in [-0.05, 0) is 18.2 Å². The van der Waals surface area contributed by atoms with Crippen molar-refractivity contribution in [3.05, 3.63) is 76.9 Å². The van der Waals surface area contributed by atoms with Gasteiger partial charge in [-0.3, -0.25) is 19.5 Å². The van der Waals surface area contributed by atoms with E-state index in [-0.39, 0.29) is 23.0 Å². The van der Waals surface area contributed by atoms with Crippen molar-refractivity contribution in [3.8, 4) is 0 Å². The van der Waals surface area contributed by atoms with Crippen LogP contribution in [0.4, 0.5) is 5.69 Å². The first-order valence-electron chi connectivity index (χ1n) is 7.14. The quantitative estimate of drug-likeness (QED) is 0.586. The number of carbonyl (C=O) groups is 3. The molecule has 0 saturated heterocycles. The predicted octanol–water partition coefficient (Wildman–Crippen LogP) is 1.83. The molecule has 0 atom stereocenters. The lowest BCUT2D eigenvalue weighted by atomic mass is 9.84. The van der Waals surface area contributed by atoms with Gasteiger partial charge in [0, 0.05) is 27.9 Å². The summed E-state index contributed by atoms with van der Waals surface area (Å²) in [5, 5.41) is 8.68. The third kappa shape index (κ3) is 2.11. The molecule has 0 aliphatic heterocycles. The molecule has 1 heterocycles. The number of nitrogens with zero attached hydrogens (tertiary/aromatic N) is 2. The predicted molar refractivity (Wildman–Crippen MR) is 84.1 cm³/mol. The number of ketones is 2. The Kier molecular flexibility index (Phi) is 3.06. The van der Waals surface area contributed by atoms with Crippen LogP contribution in [0.15, 0.2) is 48.8 Å². The SMILES string of the molecule is O=C(Nc1ccc2c(c1)C(=O)c1ccccc1C2=O)c1ncn[nH]1. The molecule has 1 aromatic heterocycles. The van der Waals surface area contributed by atoms with Crippen LogP contribution in [-0.4, -0.2) is 32.7 Å².